The summed E-state index contributed by atoms with van der Waals surface area (Å²) < 4.78 is 0. The molecule has 1 fully saturated rings. The molecule has 94 valence electrons. The predicted molar refractivity (Wildman–Crippen MR) is 73.1 cm³/mol. The third kappa shape index (κ3) is 5.37. The maximum Gasteiger partial charge on any atom is -0.0386 e. The Balaban J connectivity index is 2.10. The van der Waals surface area contributed by atoms with Gasteiger partial charge in [-0.3, -0.25) is 0 Å². The number of hydrogen-bond acceptors (Lipinski definition) is 0. The van der Waals surface area contributed by atoms with E-state index in [0.29, 0.717) is 0 Å². The summed E-state index contributed by atoms with van der Waals surface area (Å²) in [6, 6.07) is 0. The zero-order valence-corrected chi connectivity index (χ0v) is 11.1. The van der Waals surface area contributed by atoms with Crippen LogP contribution in [0.25, 0.3) is 0 Å². The minimum atomic E-state index is 0.931. The van der Waals surface area contributed by atoms with E-state index >= 15 is 0 Å². The van der Waals surface area contributed by atoms with Gasteiger partial charge in [-0.25, -0.2) is 0 Å². The summed E-state index contributed by atoms with van der Waals surface area (Å²) in [6.07, 6.45) is 16.7. The fraction of sp³-hybridized carbons (Fsp3) is 0.875. The highest BCUT2D eigenvalue weighted by atomic mass is 14.3. The van der Waals surface area contributed by atoms with Gasteiger partial charge in [0.2, 0.25) is 0 Å². The number of unbranched alkanes of at least 4 members (excludes halogenated alkanes) is 4. The van der Waals surface area contributed by atoms with Gasteiger partial charge in [-0.2, -0.15) is 0 Å². The SMILES string of the molecule is [CH2]CCCCCCC(C[CH2])C1CCCCC1. The Morgan fingerprint density at radius 3 is 2.19 bits per heavy atom. The zero-order valence-electron chi connectivity index (χ0n) is 11.1. The van der Waals surface area contributed by atoms with Crippen molar-refractivity contribution in [2.24, 2.45) is 11.8 Å². The lowest BCUT2D eigenvalue weighted by Gasteiger charge is -2.29. The van der Waals surface area contributed by atoms with Crippen molar-refractivity contribution in [2.45, 2.75) is 77.0 Å². The normalized spacial score (nSPS) is 19.9. The van der Waals surface area contributed by atoms with Gasteiger partial charge in [0.15, 0.2) is 0 Å². The van der Waals surface area contributed by atoms with Crippen molar-refractivity contribution in [3.8, 4) is 0 Å². The van der Waals surface area contributed by atoms with Crippen molar-refractivity contribution in [3.63, 3.8) is 0 Å². The summed E-state index contributed by atoms with van der Waals surface area (Å²) in [5, 5.41) is 0. The van der Waals surface area contributed by atoms with Crippen molar-refractivity contribution in [2.75, 3.05) is 0 Å². The van der Waals surface area contributed by atoms with Crippen LogP contribution in [0.15, 0.2) is 0 Å². The van der Waals surface area contributed by atoms with Crippen LogP contribution in [0.5, 0.6) is 0 Å². The maximum atomic E-state index is 4.17. The van der Waals surface area contributed by atoms with E-state index in [2.05, 4.69) is 13.8 Å². The van der Waals surface area contributed by atoms with E-state index in [1.54, 1.807) is 0 Å². The molecule has 1 aliphatic carbocycles. The van der Waals surface area contributed by atoms with Crippen LogP contribution in [0, 0.1) is 25.7 Å². The van der Waals surface area contributed by atoms with E-state index in [-0.39, 0.29) is 0 Å². The maximum absolute atomic E-state index is 4.17. The molecule has 0 aromatic carbocycles. The molecule has 16 heavy (non-hydrogen) atoms. The van der Waals surface area contributed by atoms with E-state index in [4.69, 9.17) is 0 Å². The second kappa shape index (κ2) is 9.07. The van der Waals surface area contributed by atoms with Crippen molar-refractivity contribution >= 4 is 0 Å². The lowest BCUT2D eigenvalue weighted by Crippen LogP contribution is -2.17. The van der Waals surface area contributed by atoms with Crippen LogP contribution in [0.1, 0.15) is 77.0 Å². The highest BCUT2D eigenvalue weighted by molar-refractivity contribution is 4.74. The summed E-state index contributed by atoms with van der Waals surface area (Å²) in [4.78, 5) is 0. The quantitative estimate of drug-likeness (QED) is 0.470. The topological polar surface area (TPSA) is 0 Å². The van der Waals surface area contributed by atoms with Gasteiger partial charge in [0.05, 0.1) is 0 Å². The smallest absolute Gasteiger partial charge is 0.0386 e. The molecule has 1 rings (SSSR count). The van der Waals surface area contributed by atoms with Crippen molar-refractivity contribution in [3.05, 3.63) is 13.8 Å². The van der Waals surface area contributed by atoms with Crippen molar-refractivity contribution < 1.29 is 0 Å². The fourth-order valence-electron chi connectivity index (χ4n) is 3.16. The van der Waals surface area contributed by atoms with Gasteiger partial charge in [-0.05, 0) is 11.8 Å². The molecule has 0 nitrogen and oxygen atoms in total. The van der Waals surface area contributed by atoms with Crippen LogP contribution in [0.2, 0.25) is 0 Å². The molecule has 2 radical (unpaired) electrons. The van der Waals surface area contributed by atoms with Crippen LogP contribution in [0.3, 0.4) is 0 Å². The Morgan fingerprint density at radius 2 is 1.56 bits per heavy atom. The van der Waals surface area contributed by atoms with E-state index < -0.39 is 0 Å². The third-order valence-corrected chi connectivity index (χ3v) is 4.26. The first-order valence-electron chi connectivity index (χ1n) is 7.47. The molecule has 0 saturated heterocycles. The van der Waals surface area contributed by atoms with Crippen LogP contribution in [0.4, 0.5) is 0 Å². The van der Waals surface area contributed by atoms with Gasteiger partial charge >= 0.3 is 0 Å². The van der Waals surface area contributed by atoms with Gasteiger partial charge in [0.1, 0.15) is 0 Å². The molecule has 0 amide bonds. The molecule has 1 aliphatic rings. The van der Waals surface area contributed by atoms with E-state index in [1.807, 2.05) is 0 Å². The van der Waals surface area contributed by atoms with Crippen molar-refractivity contribution in [1.82, 2.24) is 0 Å². The van der Waals surface area contributed by atoms with Gasteiger partial charge < -0.3 is 0 Å². The van der Waals surface area contributed by atoms with Crippen molar-refractivity contribution in [1.29, 1.82) is 0 Å². The highest BCUT2D eigenvalue weighted by Crippen LogP contribution is 2.34. The molecule has 0 heterocycles. The second-order valence-electron chi connectivity index (χ2n) is 5.50. The monoisotopic (exact) mass is 222 g/mol. The molecule has 1 saturated carbocycles. The van der Waals surface area contributed by atoms with Gasteiger partial charge in [-0.1, -0.05) is 90.9 Å². The average molecular weight is 222 g/mol. The van der Waals surface area contributed by atoms with Crippen LogP contribution >= 0.6 is 0 Å². The molecule has 0 aliphatic heterocycles. The molecule has 0 bridgehead atoms. The lowest BCUT2D eigenvalue weighted by molar-refractivity contribution is 0.232. The lowest BCUT2D eigenvalue weighted by atomic mass is 9.76. The molecule has 0 N–H and O–H groups in total. The van der Waals surface area contributed by atoms with Crippen LogP contribution in [-0.2, 0) is 0 Å². The second-order valence-corrected chi connectivity index (χ2v) is 5.50. The molecule has 0 heteroatoms. The average Bonchev–Trinajstić information content (AvgIpc) is 2.35. The summed E-state index contributed by atoms with van der Waals surface area (Å²) >= 11 is 0. The van der Waals surface area contributed by atoms with Gasteiger partial charge in [-0.15, -0.1) is 0 Å². The van der Waals surface area contributed by atoms with Crippen LogP contribution in [-0.4, -0.2) is 0 Å². The molecule has 0 aromatic heterocycles. The number of rotatable bonds is 8. The van der Waals surface area contributed by atoms with Gasteiger partial charge in [0.25, 0.3) is 0 Å². The Hall–Kier alpha value is 0. The Morgan fingerprint density at radius 1 is 0.875 bits per heavy atom. The third-order valence-electron chi connectivity index (χ3n) is 4.26. The minimum absolute atomic E-state index is 0.931. The summed E-state index contributed by atoms with van der Waals surface area (Å²) in [6.45, 7) is 8.06. The first-order chi connectivity index (χ1) is 7.88. The Bertz CT molecular complexity index is 144. The fourth-order valence-corrected chi connectivity index (χ4v) is 3.16. The Kier molecular flexibility index (Phi) is 7.98. The number of hydrogen-bond donors (Lipinski definition) is 0. The molecule has 1 atom stereocenters. The standard InChI is InChI=1S/C16H30/c1-3-5-6-7-9-12-15(4-2)16-13-10-8-11-14-16/h15-16H,1-14H2. The van der Waals surface area contributed by atoms with Crippen LogP contribution < -0.4 is 0 Å². The van der Waals surface area contributed by atoms with Gasteiger partial charge in [0, 0.05) is 0 Å². The molecule has 0 spiro atoms. The van der Waals surface area contributed by atoms with E-state index in [0.717, 1.165) is 18.3 Å². The van der Waals surface area contributed by atoms with E-state index in [9.17, 15) is 0 Å². The minimum Gasteiger partial charge on any atom is -0.0533 e. The predicted octanol–water partition coefficient (Wildman–Crippen LogP) is 5.58. The first kappa shape index (κ1) is 14.1. The molecule has 0 aromatic rings. The summed E-state index contributed by atoms with van der Waals surface area (Å²) in [7, 11) is 0. The molecular formula is C16H30. The zero-order chi connectivity index (χ0) is 11.6. The largest absolute Gasteiger partial charge is 0.0533 e. The highest BCUT2D eigenvalue weighted by Gasteiger charge is 2.21. The van der Waals surface area contributed by atoms with E-state index in [1.165, 1.54) is 70.6 Å². The molecular weight excluding hydrogens is 192 g/mol. The first-order valence-corrected chi connectivity index (χ1v) is 7.47. The Labute approximate surface area is 103 Å². The summed E-state index contributed by atoms with van der Waals surface area (Å²) in [5.74, 6) is 1.94. The molecule has 1 unspecified atom stereocenters. The summed E-state index contributed by atoms with van der Waals surface area (Å²) in [5.41, 5.74) is 0.